The molecule has 1 aromatic carbocycles. The van der Waals surface area contributed by atoms with Gasteiger partial charge in [-0.1, -0.05) is 39.0 Å². The van der Waals surface area contributed by atoms with Crippen molar-refractivity contribution in [1.29, 1.82) is 0 Å². The lowest BCUT2D eigenvalue weighted by atomic mass is 9.96. The van der Waals surface area contributed by atoms with Crippen LogP contribution in [0.4, 0.5) is 0 Å². The molecular weight excluding hydrogens is 208 g/mol. The van der Waals surface area contributed by atoms with Crippen LogP contribution in [0.5, 0.6) is 0 Å². The monoisotopic (exact) mass is 224 g/mol. The summed E-state index contributed by atoms with van der Waals surface area (Å²) in [6, 6.07) is 6.49. The minimum atomic E-state index is 0.400. The zero-order valence-electron chi connectivity index (χ0n) is 9.10. The number of benzene rings is 1. The van der Waals surface area contributed by atoms with Gasteiger partial charge in [0.15, 0.2) is 0 Å². The molecule has 2 radical (unpaired) electrons. The summed E-state index contributed by atoms with van der Waals surface area (Å²) in [5.74, 6) is 0.703. The second-order valence-corrected chi connectivity index (χ2v) is 5.28. The van der Waals surface area contributed by atoms with E-state index in [1.54, 1.807) is 0 Å². The quantitative estimate of drug-likeness (QED) is 0.545. The maximum atomic E-state index is 5.97. The largest absolute Gasteiger partial charge is 0.210 e. The predicted octanol–water partition coefficient (Wildman–Crippen LogP) is 2.93. The Bertz CT molecular complexity index is 272. The Morgan fingerprint density at radius 2 is 2.07 bits per heavy atom. The third kappa shape index (κ3) is 2.86. The molecule has 0 unspecified atom stereocenters. The Balaban J connectivity index is 3.05. The molecule has 0 aliphatic carbocycles. The van der Waals surface area contributed by atoms with Crippen LogP contribution < -0.4 is 5.19 Å². The van der Waals surface area contributed by atoms with Gasteiger partial charge in [0.1, 0.15) is 0 Å². The van der Waals surface area contributed by atoms with Gasteiger partial charge in [0.05, 0.1) is 0 Å². The van der Waals surface area contributed by atoms with Crippen LogP contribution in [0.3, 0.4) is 0 Å². The SMILES string of the molecule is CCc1cccc([Si]Cl)c1CC(C)C. The van der Waals surface area contributed by atoms with E-state index < -0.39 is 0 Å². The van der Waals surface area contributed by atoms with Gasteiger partial charge in [-0.25, -0.2) is 0 Å². The zero-order valence-corrected chi connectivity index (χ0v) is 10.9. The second kappa shape index (κ2) is 5.57. The number of hydrogen-bond acceptors (Lipinski definition) is 0. The average molecular weight is 225 g/mol. The van der Waals surface area contributed by atoms with Crippen LogP contribution >= 0.6 is 11.1 Å². The third-order valence-corrected chi connectivity index (χ3v) is 3.65. The van der Waals surface area contributed by atoms with Crippen molar-refractivity contribution in [3.05, 3.63) is 29.3 Å². The molecular formula is C12H17ClSi. The maximum Gasteiger partial charge on any atom is 0.210 e. The van der Waals surface area contributed by atoms with Gasteiger partial charge in [-0.3, -0.25) is 0 Å². The summed E-state index contributed by atoms with van der Waals surface area (Å²) >= 11 is 5.97. The molecule has 2 heteroatoms. The van der Waals surface area contributed by atoms with Gasteiger partial charge >= 0.3 is 0 Å². The fourth-order valence-electron chi connectivity index (χ4n) is 1.70. The molecule has 1 aromatic rings. The van der Waals surface area contributed by atoms with Crippen molar-refractivity contribution in [2.45, 2.75) is 33.6 Å². The molecule has 1 rings (SSSR count). The highest BCUT2D eigenvalue weighted by Crippen LogP contribution is 2.12. The summed E-state index contributed by atoms with van der Waals surface area (Å²) in [4.78, 5) is 0. The first-order valence-corrected chi connectivity index (χ1v) is 7.17. The van der Waals surface area contributed by atoms with Crippen LogP contribution in [0.1, 0.15) is 31.9 Å². The van der Waals surface area contributed by atoms with E-state index in [1.165, 1.54) is 16.3 Å². The van der Waals surface area contributed by atoms with Gasteiger partial charge in [0.2, 0.25) is 8.83 Å². The predicted molar refractivity (Wildman–Crippen MR) is 65.6 cm³/mol. The van der Waals surface area contributed by atoms with Crippen molar-refractivity contribution in [3.8, 4) is 0 Å². The lowest BCUT2D eigenvalue weighted by molar-refractivity contribution is 0.645. The molecule has 0 aliphatic rings. The average Bonchev–Trinajstić information content (AvgIpc) is 2.17. The van der Waals surface area contributed by atoms with E-state index in [0.717, 1.165) is 12.8 Å². The molecule has 0 aliphatic heterocycles. The molecule has 0 N–H and O–H groups in total. The van der Waals surface area contributed by atoms with Gasteiger partial charge in [-0.05, 0) is 35.1 Å². The summed E-state index contributed by atoms with van der Waals surface area (Å²) < 4.78 is 0. The zero-order chi connectivity index (χ0) is 10.6. The van der Waals surface area contributed by atoms with E-state index in [1.807, 2.05) is 0 Å². The van der Waals surface area contributed by atoms with Crippen LogP contribution in [0.2, 0.25) is 0 Å². The molecule has 0 heterocycles. The molecule has 0 nitrogen and oxygen atoms in total. The highest BCUT2D eigenvalue weighted by Gasteiger charge is 2.08. The fourth-order valence-corrected chi connectivity index (χ4v) is 2.77. The molecule has 0 spiro atoms. The molecule has 0 saturated heterocycles. The summed E-state index contributed by atoms with van der Waals surface area (Å²) in [5.41, 5.74) is 2.95. The number of hydrogen-bond donors (Lipinski definition) is 0. The Labute approximate surface area is 94.2 Å². The first-order valence-electron chi connectivity index (χ1n) is 5.16. The molecule has 0 aromatic heterocycles. The topological polar surface area (TPSA) is 0 Å². The molecule has 0 bridgehead atoms. The van der Waals surface area contributed by atoms with Gasteiger partial charge < -0.3 is 0 Å². The standard InChI is InChI=1S/C12H17ClSi/c1-4-10-6-5-7-12(14-13)11(10)8-9(2)3/h5-7,9H,4,8H2,1-3H3. The van der Waals surface area contributed by atoms with Crippen LogP contribution in [0.15, 0.2) is 18.2 Å². The van der Waals surface area contributed by atoms with Crippen LogP contribution in [-0.2, 0) is 12.8 Å². The summed E-state index contributed by atoms with van der Waals surface area (Å²) in [7, 11) is 0.400. The molecule has 0 saturated carbocycles. The van der Waals surface area contributed by atoms with Crippen molar-refractivity contribution in [3.63, 3.8) is 0 Å². The van der Waals surface area contributed by atoms with Crippen molar-refractivity contribution < 1.29 is 0 Å². The Kier molecular flexibility index (Phi) is 4.69. The molecule has 0 amide bonds. The summed E-state index contributed by atoms with van der Waals surface area (Å²) in [5, 5.41) is 1.33. The van der Waals surface area contributed by atoms with Gasteiger partial charge in [-0.15, -0.1) is 0 Å². The highest BCUT2D eigenvalue weighted by atomic mass is 35.6. The first kappa shape index (κ1) is 11.8. The summed E-state index contributed by atoms with van der Waals surface area (Å²) in [6.45, 7) is 6.72. The minimum absolute atomic E-state index is 0.400. The van der Waals surface area contributed by atoms with E-state index in [9.17, 15) is 0 Å². The van der Waals surface area contributed by atoms with Gasteiger partial charge in [-0.2, -0.15) is 11.1 Å². The summed E-state index contributed by atoms with van der Waals surface area (Å²) in [6.07, 6.45) is 2.26. The molecule has 0 fully saturated rings. The maximum absolute atomic E-state index is 5.97. The normalized spacial score (nSPS) is 10.9. The molecule has 14 heavy (non-hydrogen) atoms. The molecule has 0 atom stereocenters. The first-order chi connectivity index (χ1) is 6.69. The van der Waals surface area contributed by atoms with Crippen molar-refractivity contribution in [2.24, 2.45) is 5.92 Å². The molecule has 76 valence electrons. The lowest BCUT2D eigenvalue weighted by Crippen LogP contribution is -2.19. The lowest BCUT2D eigenvalue weighted by Gasteiger charge is -2.13. The van der Waals surface area contributed by atoms with E-state index in [-0.39, 0.29) is 0 Å². The van der Waals surface area contributed by atoms with Gasteiger partial charge in [0, 0.05) is 0 Å². The van der Waals surface area contributed by atoms with E-state index in [2.05, 4.69) is 39.0 Å². The van der Waals surface area contributed by atoms with Gasteiger partial charge in [0.25, 0.3) is 0 Å². The Morgan fingerprint density at radius 1 is 1.36 bits per heavy atom. The van der Waals surface area contributed by atoms with Crippen LogP contribution in [0.25, 0.3) is 0 Å². The van der Waals surface area contributed by atoms with Crippen molar-refractivity contribution >= 4 is 25.1 Å². The van der Waals surface area contributed by atoms with E-state index in [4.69, 9.17) is 11.1 Å². The van der Waals surface area contributed by atoms with E-state index >= 15 is 0 Å². The minimum Gasteiger partial charge on any atom is -0.165 e. The third-order valence-electron chi connectivity index (χ3n) is 2.37. The second-order valence-electron chi connectivity index (χ2n) is 3.99. The van der Waals surface area contributed by atoms with Crippen molar-refractivity contribution in [2.75, 3.05) is 0 Å². The smallest absolute Gasteiger partial charge is 0.165 e. The van der Waals surface area contributed by atoms with Crippen LogP contribution in [0, 0.1) is 5.92 Å². The number of rotatable bonds is 4. The number of halogens is 1. The number of aryl methyl sites for hydroxylation is 1. The van der Waals surface area contributed by atoms with E-state index in [0.29, 0.717) is 14.7 Å². The Morgan fingerprint density at radius 3 is 2.57 bits per heavy atom. The fraction of sp³-hybridized carbons (Fsp3) is 0.500. The Hall–Kier alpha value is -0.273. The van der Waals surface area contributed by atoms with Crippen LogP contribution in [-0.4, -0.2) is 8.83 Å². The highest BCUT2D eigenvalue weighted by molar-refractivity contribution is 7.01. The van der Waals surface area contributed by atoms with Crippen molar-refractivity contribution in [1.82, 2.24) is 0 Å².